The van der Waals surface area contributed by atoms with E-state index in [4.69, 9.17) is 0 Å². The lowest BCUT2D eigenvalue weighted by molar-refractivity contribution is 0.152. The predicted molar refractivity (Wildman–Crippen MR) is 117 cm³/mol. The fraction of sp³-hybridized carbons (Fsp3) is 0.944. The molecule has 0 spiro atoms. The standard InChI is InChI=1S/C18H39N5.HI/c1-5-6-7-10-17(2)21-18(19-3)20-11-8-9-12-23-15-13-22(4)14-16-23;/h17H,5-16H2,1-4H3,(H2,19,20,21);1H. The third kappa shape index (κ3) is 11.5. The van der Waals surface area contributed by atoms with Crippen molar-refractivity contribution in [2.75, 3.05) is 53.4 Å². The van der Waals surface area contributed by atoms with Gasteiger partial charge in [0.05, 0.1) is 0 Å². The third-order valence-corrected chi connectivity index (χ3v) is 4.64. The number of piperazine rings is 1. The Bertz CT molecular complexity index is 317. The zero-order chi connectivity index (χ0) is 16.9. The number of hydrogen-bond donors (Lipinski definition) is 2. The van der Waals surface area contributed by atoms with Crippen LogP contribution in [0.1, 0.15) is 52.4 Å². The van der Waals surface area contributed by atoms with Crippen molar-refractivity contribution in [1.29, 1.82) is 0 Å². The maximum absolute atomic E-state index is 4.33. The SMILES string of the molecule is CCCCCC(C)NC(=NC)NCCCCN1CCN(C)CC1.I. The Kier molecular flexibility index (Phi) is 15.1. The van der Waals surface area contributed by atoms with Crippen LogP contribution in [0.25, 0.3) is 0 Å². The van der Waals surface area contributed by atoms with Crippen molar-refractivity contribution in [3.05, 3.63) is 0 Å². The second-order valence-corrected chi connectivity index (χ2v) is 6.89. The van der Waals surface area contributed by atoms with Gasteiger partial charge in [0.25, 0.3) is 0 Å². The van der Waals surface area contributed by atoms with Crippen molar-refractivity contribution in [1.82, 2.24) is 20.4 Å². The summed E-state index contributed by atoms with van der Waals surface area (Å²) in [6.07, 6.45) is 7.60. The smallest absolute Gasteiger partial charge is 0.191 e. The van der Waals surface area contributed by atoms with E-state index in [0.717, 1.165) is 12.5 Å². The van der Waals surface area contributed by atoms with Crippen LogP contribution in [0.2, 0.25) is 0 Å². The summed E-state index contributed by atoms with van der Waals surface area (Å²) in [7, 11) is 4.07. The molecule has 1 unspecified atom stereocenters. The molecule has 5 nitrogen and oxygen atoms in total. The summed E-state index contributed by atoms with van der Waals surface area (Å²) >= 11 is 0. The Balaban J connectivity index is 0.00000529. The van der Waals surface area contributed by atoms with Crippen LogP contribution < -0.4 is 10.6 Å². The second-order valence-electron chi connectivity index (χ2n) is 6.89. The van der Waals surface area contributed by atoms with Crippen LogP contribution in [0.4, 0.5) is 0 Å². The number of likely N-dealkylation sites (N-methyl/N-ethyl adjacent to an activating group) is 1. The van der Waals surface area contributed by atoms with E-state index in [0.29, 0.717) is 6.04 Å². The Morgan fingerprint density at radius 3 is 2.42 bits per heavy atom. The summed E-state index contributed by atoms with van der Waals surface area (Å²) in [6, 6.07) is 0.498. The van der Waals surface area contributed by atoms with Crippen LogP contribution in [0, 0.1) is 0 Å². The van der Waals surface area contributed by atoms with Gasteiger partial charge in [-0.15, -0.1) is 24.0 Å². The van der Waals surface area contributed by atoms with Crippen LogP contribution in [0.5, 0.6) is 0 Å². The molecule has 1 atom stereocenters. The number of rotatable bonds is 10. The summed E-state index contributed by atoms with van der Waals surface area (Å²) in [5.41, 5.74) is 0. The first kappa shape index (κ1) is 23.9. The Hall–Kier alpha value is -0.0800. The van der Waals surface area contributed by atoms with Gasteiger partial charge < -0.3 is 20.4 Å². The normalized spacial score (nSPS) is 18.1. The molecule has 0 radical (unpaired) electrons. The Morgan fingerprint density at radius 1 is 1.08 bits per heavy atom. The van der Waals surface area contributed by atoms with E-state index in [1.54, 1.807) is 0 Å². The van der Waals surface area contributed by atoms with Crippen LogP contribution in [-0.4, -0.2) is 75.2 Å². The van der Waals surface area contributed by atoms with Crippen LogP contribution in [0.3, 0.4) is 0 Å². The van der Waals surface area contributed by atoms with Gasteiger partial charge in [0.15, 0.2) is 5.96 Å². The molecule has 1 saturated heterocycles. The van der Waals surface area contributed by atoms with E-state index in [1.807, 2.05) is 7.05 Å². The zero-order valence-electron chi connectivity index (χ0n) is 16.3. The molecule has 1 aliphatic rings. The van der Waals surface area contributed by atoms with Gasteiger partial charge in [-0.25, -0.2) is 0 Å². The molecule has 1 heterocycles. The van der Waals surface area contributed by atoms with Crippen molar-refractivity contribution < 1.29 is 0 Å². The third-order valence-electron chi connectivity index (χ3n) is 4.64. The molecule has 0 bridgehead atoms. The lowest BCUT2D eigenvalue weighted by Crippen LogP contribution is -2.45. The van der Waals surface area contributed by atoms with Crippen LogP contribution in [0.15, 0.2) is 4.99 Å². The lowest BCUT2D eigenvalue weighted by Gasteiger charge is -2.32. The first-order chi connectivity index (χ1) is 11.2. The van der Waals surface area contributed by atoms with Crippen molar-refractivity contribution in [2.45, 2.75) is 58.4 Å². The van der Waals surface area contributed by atoms with Crippen molar-refractivity contribution in [3.8, 4) is 0 Å². The minimum atomic E-state index is 0. The zero-order valence-corrected chi connectivity index (χ0v) is 18.6. The predicted octanol–water partition coefficient (Wildman–Crippen LogP) is 2.77. The summed E-state index contributed by atoms with van der Waals surface area (Å²) in [6.45, 7) is 11.6. The molecule has 0 aliphatic carbocycles. The number of aliphatic imine (C=N–C) groups is 1. The lowest BCUT2D eigenvalue weighted by atomic mass is 10.1. The largest absolute Gasteiger partial charge is 0.356 e. The molecule has 144 valence electrons. The van der Waals surface area contributed by atoms with E-state index in [9.17, 15) is 0 Å². The molecule has 6 heteroatoms. The molecule has 1 rings (SSSR count). The highest BCUT2D eigenvalue weighted by molar-refractivity contribution is 14.0. The second kappa shape index (κ2) is 15.2. The van der Waals surface area contributed by atoms with Crippen LogP contribution >= 0.6 is 24.0 Å². The molecule has 1 aliphatic heterocycles. The van der Waals surface area contributed by atoms with E-state index in [-0.39, 0.29) is 24.0 Å². The molecular weight excluding hydrogens is 413 g/mol. The molecule has 24 heavy (non-hydrogen) atoms. The quantitative estimate of drug-likeness (QED) is 0.231. The van der Waals surface area contributed by atoms with Gasteiger partial charge in [0.1, 0.15) is 0 Å². The maximum atomic E-state index is 4.33. The van der Waals surface area contributed by atoms with E-state index in [1.165, 1.54) is 71.2 Å². The number of unbranched alkanes of at least 4 members (excludes halogenated alkanes) is 3. The Morgan fingerprint density at radius 2 is 1.79 bits per heavy atom. The maximum Gasteiger partial charge on any atom is 0.191 e. The first-order valence-corrected chi connectivity index (χ1v) is 9.53. The molecular formula is C18H40IN5. The van der Waals surface area contributed by atoms with E-state index < -0.39 is 0 Å². The number of nitrogens with one attached hydrogen (secondary N) is 2. The fourth-order valence-electron chi connectivity index (χ4n) is 2.94. The van der Waals surface area contributed by atoms with E-state index >= 15 is 0 Å². The number of halogens is 1. The van der Waals surface area contributed by atoms with E-state index in [2.05, 4.69) is 46.3 Å². The topological polar surface area (TPSA) is 42.9 Å². The highest BCUT2D eigenvalue weighted by atomic mass is 127. The van der Waals surface area contributed by atoms with Gasteiger partial charge in [-0.3, -0.25) is 4.99 Å². The number of nitrogens with zero attached hydrogens (tertiary/aromatic N) is 3. The molecule has 0 aromatic rings. The monoisotopic (exact) mass is 453 g/mol. The molecule has 1 fully saturated rings. The van der Waals surface area contributed by atoms with Gasteiger partial charge in [-0.05, 0) is 39.8 Å². The Labute approximate surface area is 167 Å². The molecule has 2 N–H and O–H groups in total. The van der Waals surface area contributed by atoms with Crippen molar-refractivity contribution >= 4 is 29.9 Å². The molecule has 0 amide bonds. The summed E-state index contributed by atoms with van der Waals surface area (Å²) in [5, 5.41) is 6.94. The number of hydrogen-bond acceptors (Lipinski definition) is 3. The van der Waals surface area contributed by atoms with Crippen molar-refractivity contribution in [3.63, 3.8) is 0 Å². The van der Waals surface area contributed by atoms with Gasteiger partial charge in [0.2, 0.25) is 0 Å². The van der Waals surface area contributed by atoms with Crippen LogP contribution in [-0.2, 0) is 0 Å². The fourth-order valence-corrected chi connectivity index (χ4v) is 2.94. The summed E-state index contributed by atoms with van der Waals surface area (Å²) < 4.78 is 0. The van der Waals surface area contributed by atoms with Gasteiger partial charge in [-0.1, -0.05) is 26.2 Å². The number of guanidine groups is 1. The highest BCUT2D eigenvalue weighted by Gasteiger charge is 2.12. The average Bonchev–Trinajstić information content (AvgIpc) is 2.55. The van der Waals surface area contributed by atoms with Gasteiger partial charge in [0, 0.05) is 45.8 Å². The minimum absolute atomic E-state index is 0. The van der Waals surface area contributed by atoms with Gasteiger partial charge >= 0.3 is 0 Å². The summed E-state index contributed by atoms with van der Waals surface area (Å²) in [5.74, 6) is 0.952. The average molecular weight is 453 g/mol. The minimum Gasteiger partial charge on any atom is -0.356 e. The van der Waals surface area contributed by atoms with Crippen molar-refractivity contribution in [2.24, 2.45) is 4.99 Å². The molecule has 0 saturated carbocycles. The van der Waals surface area contributed by atoms with Gasteiger partial charge in [-0.2, -0.15) is 0 Å². The molecule has 0 aromatic heterocycles. The highest BCUT2D eigenvalue weighted by Crippen LogP contribution is 2.03. The summed E-state index contributed by atoms with van der Waals surface area (Å²) in [4.78, 5) is 9.33. The molecule has 0 aromatic carbocycles. The first-order valence-electron chi connectivity index (χ1n) is 9.53.